The first-order valence-corrected chi connectivity index (χ1v) is 9.60. The molecule has 0 aliphatic carbocycles. The van der Waals surface area contributed by atoms with Gasteiger partial charge in [0.25, 0.3) is 0 Å². The average molecular weight is 304 g/mol. The number of carbonyl (C=O) groups is 1. The summed E-state index contributed by atoms with van der Waals surface area (Å²) in [5, 5.41) is 3.42. The first-order chi connectivity index (χ1) is 9.30. The quantitative estimate of drug-likeness (QED) is 0.736. The van der Waals surface area contributed by atoms with Crippen LogP contribution in [0.1, 0.15) is 46.5 Å². The summed E-state index contributed by atoms with van der Waals surface area (Å²) in [6.07, 6.45) is 4.69. The fourth-order valence-electron chi connectivity index (χ4n) is 2.62. The van der Waals surface area contributed by atoms with Crippen molar-refractivity contribution in [3.05, 3.63) is 0 Å². The van der Waals surface area contributed by atoms with E-state index < -0.39 is 9.84 Å². The van der Waals surface area contributed by atoms with Crippen LogP contribution in [0.4, 0.5) is 0 Å². The van der Waals surface area contributed by atoms with Crippen LogP contribution >= 0.6 is 0 Å². The molecule has 1 aliphatic heterocycles. The lowest BCUT2D eigenvalue weighted by Crippen LogP contribution is -2.38. The van der Waals surface area contributed by atoms with E-state index in [1.165, 1.54) is 6.26 Å². The highest BCUT2D eigenvalue weighted by molar-refractivity contribution is 7.90. The monoisotopic (exact) mass is 304 g/mol. The first kappa shape index (κ1) is 17.4. The van der Waals surface area contributed by atoms with E-state index in [0.29, 0.717) is 18.9 Å². The molecule has 1 N–H and O–H groups in total. The van der Waals surface area contributed by atoms with E-state index in [1.807, 2.05) is 4.90 Å². The molecule has 1 heterocycles. The summed E-state index contributed by atoms with van der Waals surface area (Å²) in [5.74, 6) is 0.581. The van der Waals surface area contributed by atoms with Crippen molar-refractivity contribution < 1.29 is 13.2 Å². The van der Waals surface area contributed by atoms with Crippen molar-refractivity contribution in [1.82, 2.24) is 10.2 Å². The van der Waals surface area contributed by atoms with Gasteiger partial charge in [0.15, 0.2) is 0 Å². The molecule has 3 unspecified atom stereocenters. The van der Waals surface area contributed by atoms with E-state index in [2.05, 4.69) is 26.1 Å². The van der Waals surface area contributed by atoms with Crippen molar-refractivity contribution in [1.29, 1.82) is 0 Å². The Morgan fingerprint density at radius 1 is 1.35 bits per heavy atom. The largest absolute Gasteiger partial charge is 0.326 e. The summed E-state index contributed by atoms with van der Waals surface area (Å²) < 4.78 is 22.4. The molecule has 118 valence electrons. The second-order valence-corrected chi connectivity index (χ2v) is 8.11. The molecule has 1 fully saturated rings. The van der Waals surface area contributed by atoms with Crippen LogP contribution in [0.5, 0.6) is 0 Å². The van der Waals surface area contributed by atoms with Gasteiger partial charge in [-0.05, 0) is 18.8 Å². The number of rotatable bonds is 8. The number of carbonyl (C=O) groups excluding carboxylic acids is 1. The van der Waals surface area contributed by atoms with Crippen molar-refractivity contribution >= 4 is 15.7 Å². The summed E-state index contributed by atoms with van der Waals surface area (Å²) in [6, 6.07) is -0.116. The molecule has 0 spiro atoms. The third-order valence-corrected chi connectivity index (χ3v) is 5.02. The highest BCUT2D eigenvalue weighted by Gasteiger charge is 2.39. The second kappa shape index (κ2) is 7.41. The third-order valence-electron chi connectivity index (χ3n) is 3.99. The molecule has 5 nitrogen and oxygen atoms in total. The Bertz CT molecular complexity index is 422. The lowest BCUT2D eigenvalue weighted by atomic mass is 9.99. The molecule has 1 saturated heterocycles. The van der Waals surface area contributed by atoms with E-state index in [9.17, 15) is 13.2 Å². The molecule has 0 aromatic heterocycles. The molecule has 0 aromatic carbocycles. The summed E-state index contributed by atoms with van der Waals surface area (Å²) in [5.41, 5.74) is 0. The molecule has 0 saturated carbocycles. The lowest BCUT2D eigenvalue weighted by molar-refractivity contribution is -0.130. The van der Waals surface area contributed by atoms with E-state index in [1.54, 1.807) is 0 Å². The summed E-state index contributed by atoms with van der Waals surface area (Å²) in [4.78, 5) is 14.3. The van der Waals surface area contributed by atoms with Gasteiger partial charge in [0, 0.05) is 12.8 Å². The Hall–Kier alpha value is -0.620. The van der Waals surface area contributed by atoms with E-state index >= 15 is 0 Å². The van der Waals surface area contributed by atoms with Crippen molar-refractivity contribution in [3.63, 3.8) is 0 Å². The molecule has 0 radical (unpaired) electrons. The second-order valence-electron chi connectivity index (χ2n) is 5.85. The normalized spacial score (nSPS) is 25.2. The zero-order valence-electron chi connectivity index (χ0n) is 13.1. The molecule has 1 amide bonds. The maximum absolute atomic E-state index is 12.5. The Kier molecular flexibility index (Phi) is 6.45. The lowest BCUT2D eigenvalue weighted by Gasteiger charge is -2.23. The molecule has 1 aliphatic rings. The Labute approximate surface area is 123 Å². The molecule has 20 heavy (non-hydrogen) atoms. The molecule has 6 heteroatoms. The number of sulfone groups is 1. The van der Waals surface area contributed by atoms with Crippen LogP contribution in [-0.4, -0.2) is 50.0 Å². The Morgan fingerprint density at radius 2 is 2.00 bits per heavy atom. The highest BCUT2D eigenvalue weighted by atomic mass is 32.2. The maximum Gasteiger partial charge on any atom is 0.241 e. The molecule has 1 rings (SSSR count). The van der Waals surface area contributed by atoms with Crippen molar-refractivity contribution in [3.8, 4) is 0 Å². The molecule has 0 aromatic rings. The topological polar surface area (TPSA) is 66.5 Å². The van der Waals surface area contributed by atoms with Crippen LogP contribution in [0.15, 0.2) is 0 Å². The van der Waals surface area contributed by atoms with Gasteiger partial charge in [-0.15, -0.1) is 0 Å². The maximum atomic E-state index is 12.5. The number of hydrogen-bond donors (Lipinski definition) is 1. The Balaban J connectivity index is 2.67. The summed E-state index contributed by atoms with van der Waals surface area (Å²) >= 11 is 0. The average Bonchev–Trinajstić information content (AvgIpc) is 2.66. The van der Waals surface area contributed by atoms with Gasteiger partial charge in [-0.25, -0.2) is 8.42 Å². The minimum Gasteiger partial charge on any atom is -0.326 e. The highest BCUT2D eigenvalue weighted by Crippen LogP contribution is 2.22. The van der Waals surface area contributed by atoms with Crippen LogP contribution in [0.25, 0.3) is 0 Å². The van der Waals surface area contributed by atoms with E-state index in [-0.39, 0.29) is 23.9 Å². The Morgan fingerprint density at radius 3 is 2.50 bits per heavy atom. The number of nitrogens with zero attached hydrogens (tertiary/aromatic N) is 1. The summed E-state index contributed by atoms with van der Waals surface area (Å²) in [7, 11) is -2.96. The van der Waals surface area contributed by atoms with E-state index in [0.717, 1.165) is 19.3 Å². The SMILES string of the molecule is CCCC1NC(C(C)CC)C(=O)N1CCCS(C)(=O)=O. The molecular weight excluding hydrogens is 276 g/mol. The van der Waals surface area contributed by atoms with Gasteiger partial charge in [-0.1, -0.05) is 33.6 Å². The minimum absolute atomic E-state index is 0.0612. The predicted molar refractivity (Wildman–Crippen MR) is 81.1 cm³/mol. The van der Waals surface area contributed by atoms with Crippen molar-refractivity contribution in [2.45, 2.75) is 58.7 Å². The van der Waals surface area contributed by atoms with E-state index in [4.69, 9.17) is 0 Å². The fourth-order valence-corrected chi connectivity index (χ4v) is 3.27. The van der Waals surface area contributed by atoms with Crippen LogP contribution in [0.3, 0.4) is 0 Å². The minimum atomic E-state index is -2.96. The van der Waals surface area contributed by atoms with Gasteiger partial charge in [0.05, 0.1) is 18.0 Å². The van der Waals surface area contributed by atoms with Gasteiger partial charge in [0.2, 0.25) is 5.91 Å². The van der Waals surface area contributed by atoms with Crippen molar-refractivity contribution in [2.24, 2.45) is 5.92 Å². The van der Waals surface area contributed by atoms with Gasteiger partial charge >= 0.3 is 0 Å². The van der Waals surface area contributed by atoms with Gasteiger partial charge < -0.3 is 4.90 Å². The predicted octanol–water partition coefficient (Wildman–Crippen LogP) is 1.39. The molecule has 3 atom stereocenters. The fraction of sp³-hybridized carbons (Fsp3) is 0.929. The van der Waals surface area contributed by atoms with Crippen molar-refractivity contribution in [2.75, 3.05) is 18.6 Å². The number of hydrogen-bond acceptors (Lipinski definition) is 4. The van der Waals surface area contributed by atoms with Crippen LogP contribution in [-0.2, 0) is 14.6 Å². The van der Waals surface area contributed by atoms with Gasteiger partial charge in [-0.2, -0.15) is 0 Å². The van der Waals surface area contributed by atoms with Crippen LogP contribution in [0, 0.1) is 5.92 Å². The van der Waals surface area contributed by atoms with Gasteiger partial charge in [-0.3, -0.25) is 10.1 Å². The van der Waals surface area contributed by atoms with Crippen LogP contribution in [0.2, 0.25) is 0 Å². The smallest absolute Gasteiger partial charge is 0.241 e. The first-order valence-electron chi connectivity index (χ1n) is 7.54. The molecule has 0 bridgehead atoms. The zero-order valence-corrected chi connectivity index (χ0v) is 13.9. The third kappa shape index (κ3) is 4.74. The standard InChI is InChI=1S/C14H28N2O3S/c1-5-8-12-15-13(11(3)6-2)14(17)16(12)9-7-10-20(4,18)19/h11-13,15H,5-10H2,1-4H3. The van der Waals surface area contributed by atoms with Gasteiger partial charge in [0.1, 0.15) is 9.84 Å². The number of nitrogens with one attached hydrogen (secondary N) is 1. The zero-order chi connectivity index (χ0) is 15.3. The van der Waals surface area contributed by atoms with Crippen LogP contribution < -0.4 is 5.32 Å². The number of amides is 1. The summed E-state index contributed by atoms with van der Waals surface area (Å²) in [6.45, 7) is 6.78. The molecular formula is C14H28N2O3S.